The number of hydrogen-bond donors (Lipinski definition) is 2. The Bertz CT molecular complexity index is 623. The van der Waals surface area contributed by atoms with Crippen LogP contribution in [0.25, 0.3) is 0 Å². The number of carbonyl (C=O) groups is 2. The molecule has 1 aromatic carbocycles. The summed E-state index contributed by atoms with van der Waals surface area (Å²) in [6.45, 7) is 5.76. The third-order valence-electron chi connectivity index (χ3n) is 3.10. The normalized spacial score (nSPS) is 17.6. The van der Waals surface area contributed by atoms with Gasteiger partial charge in [0.15, 0.2) is 5.96 Å². The molecule has 2 amide bonds. The number of nitrogens with two attached hydrogens (primary N) is 2. The summed E-state index contributed by atoms with van der Waals surface area (Å²) in [6.07, 6.45) is 0. The molecule has 0 fully saturated rings. The van der Waals surface area contributed by atoms with Crippen LogP contribution in [0.15, 0.2) is 28.1 Å². The van der Waals surface area contributed by atoms with E-state index in [1.54, 1.807) is 17.0 Å². The summed E-state index contributed by atoms with van der Waals surface area (Å²) in [5, 5.41) is -0.140. The van der Waals surface area contributed by atoms with Gasteiger partial charge in [0.2, 0.25) is 5.91 Å². The number of aliphatic imine (C=N–C) groups is 1. The molecule has 2 rings (SSSR count). The molecule has 1 aliphatic heterocycles. The fourth-order valence-electron chi connectivity index (χ4n) is 2.21. The molecule has 0 aromatic heterocycles. The number of thioether (sulfide) groups is 1. The fourth-order valence-corrected chi connectivity index (χ4v) is 3.23. The highest BCUT2D eigenvalue weighted by Crippen LogP contribution is 2.40. The van der Waals surface area contributed by atoms with Crippen LogP contribution < -0.4 is 16.4 Å². The summed E-state index contributed by atoms with van der Waals surface area (Å²) in [7, 11) is 0. The van der Waals surface area contributed by atoms with Gasteiger partial charge in [0.25, 0.3) is 5.91 Å². The first kappa shape index (κ1) is 15.4. The molecular formula is C14H18N4O2S. The van der Waals surface area contributed by atoms with Crippen LogP contribution in [-0.4, -0.2) is 29.1 Å². The molecule has 1 aromatic rings. The van der Waals surface area contributed by atoms with Gasteiger partial charge in [-0.25, -0.2) is 0 Å². The molecule has 4 N–H and O–H groups in total. The Labute approximate surface area is 127 Å². The van der Waals surface area contributed by atoms with E-state index in [1.807, 2.05) is 26.8 Å². The lowest BCUT2D eigenvalue weighted by Crippen LogP contribution is -2.44. The Balaban J connectivity index is 2.49. The van der Waals surface area contributed by atoms with E-state index in [0.717, 1.165) is 10.6 Å². The van der Waals surface area contributed by atoms with Gasteiger partial charge in [0, 0.05) is 16.5 Å². The number of amides is 2. The van der Waals surface area contributed by atoms with Crippen molar-refractivity contribution in [1.82, 2.24) is 0 Å². The minimum absolute atomic E-state index is 0.00744. The average Bonchev–Trinajstić information content (AvgIpc) is 2.38. The van der Waals surface area contributed by atoms with Crippen LogP contribution in [0.3, 0.4) is 0 Å². The van der Waals surface area contributed by atoms with Gasteiger partial charge in [0.05, 0.1) is 10.9 Å². The molecule has 0 spiro atoms. The van der Waals surface area contributed by atoms with Crippen molar-refractivity contribution < 1.29 is 9.59 Å². The van der Waals surface area contributed by atoms with Gasteiger partial charge in [-0.05, 0) is 39.0 Å². The predicted molar refractivity (Wildman–Crippen MR) is 84.5 cm³/mol. The number of hydrogen-bond acceptors (Lipinski definition) is 3. The molecule has 1 atom stereocenters. The topological polar surface area (TPSA) is 102 Å². The monoisotopic (exact) mass is 306 g/mol. The Morgan fingerprint density at radius 2 is 2.05 bits per heavy atom. The Hall–Kier alpha value is -2.02. The van der Waals surface area contributed by atoms with Gasteiger partial charge in [-0.2, -0.15) is 4.99 Å². The van der Waals surface area contributed by atoms with Gasteiger partial charge >= 0.3 is 0 Å². The van der Waals surface area contributed by atoms with Gasteiger partial charge in [-0.1, -0.05) is 0 Å². The van der Waals surface area contributed by atoms with Gasteiger partial charge in [-0.3, -0.25) is 9.59 Å². The summed E-state index contributed by atoms with van der Waals surface area (Å²) in [4.78, 5) is 30.5. The molecule has 21 heavy (non-hydrogen) atoms. The average molecular weight is 306 g/mol. The van der Waals surface area contributed by atoms with E-state index >= 15 is 0 Å². The minimum atomic E-state index is -0.516. The second-order valence-electron chi connectivity index (χ2n) is 5.09. The lowest BCUT2D eigenvalue weighted by molar-refractivity contribution is -0.118. The van der Waals surface area contributed by atoms with E-state index < -0.39 is 5.91 Å². The summed E-state index contributed by atoms with van der Waals surface area (Å²) in [5.41, 5.74) is 11.5. The van der Waals surface area contributed by atoms with E-state index in [4.69, 9.17) is 11.5 Å². The van der Waals surface area contributed by atoms with E-state index in [-0.39, 0.29) is 23.2 Å². The molecule has 0 saturated heterocycles. The Kier molecular flexibility index (Phi) is 4.22. The molecule has 0 aliphatic carbocycles. The molecule has 0 saturated carbocycles. The quantitative estimate of drug-likeness (QED) is 0.634. The van der Waals surface area contributed by atoms with Crippen molar-refractivity contribution in [3.05, 3.63) is 23.8 Å². The highest BCUT2D eigenvalue weighted by Gasteiger charge is 2.32. The summed E-state index contributed by atoms with van der Waals surface area (Å²) >= 11 is 1.49. The van der Waals surface area contributed by atoms with Crippen LogP contribution in [0, 0.1) is 0 Å². The number of rotatable bonds is 2. The first-order chi connectivity index (χ1) is 9.81. The highest BCUT2D eigenvalue weighted by molar-refractivity contribution is 8.01. The van der Waals surface area contributed by atoms with Crippen LogP contribution in [-0.2, 0) is 4.79 Å². The Morgan fingerprint density at radius 3 is 2.62 bits per heavy atom. The van der Waals surface area contributed by atoms with Crippen LogP contribution >= 0.6 is 11.8 Å². The van der Waals surface area contributed by atoms with Crippen LogP contribution in [0.5, 0.6) is 0 Å². The van der Waals surface area contributed by atoms with Crippen LogP contribution in [0.4, 0.5) is 5.69 Å². The molecule has 1 heterocycles. The second kappa shape index (κ2) is 5.77. The van der Waals surface area contributed by atoms with Gasteiger partial charge < -0.3 is 16.4 Å². The molecular weight excluding hydrogens is 288 g/mol. The Morgan fingerprint density at radius 1 is 1.38 bits per heavy atom. The van der Waals surface area contributed by atoms with Crippen molar-refractivity contribution in [2.75, 3.05) is 4.90 Å². The van der Waals surface area contributed by atoms with E-state index in [0.29, 0.717) is 5.56 Å². The number of carbonyl (C=O) groups excluding carboxylic acids is 2. The number of guanidine groups is 1. The largest absolute Gasteiger partial charge is 0.370 e. The maximum atomic E-state index is 12.3. The number of benzene rings is 1. The van der Waals surface area contributed by atoms with Crippen molar-refractivity contribution in [1.29, 1.82) is 0 Å². The third kappa shape index (κ3) is 3.02. The summed E-state index contributed by atoms with van der Waals surface area (Å²) < 4.78 is 0. The van der Waals surface area contributed by atoms with Crippen molar-refractivity contribution in [3.63, 3.8) is 0 Å². The first-order valence-electron chi connectivity index (χ1n) is 6.59. The predicted octanol–water partition coefficient (Wildman–Crippen LogP) is 1.34. The third-order valence-corrected chi connectivity index (χ3v) is 4.26. The molecule has 6 nitrogen and oxygen atoms in total. The van der Waals surface area contributed by atoms with Gasteiger partial charge in [0.1, 0.15) is 0 Å². The van der Waals surface area contributed by atoms with E-state index in [1.165, 1.54) is 11.8 Å². The lowest BCUT2D eigenvalue weighted by Gasteiger charge is -2.35. The van der Waals surface area contributed by atoms with Crippen molar-refractivity contribution in [3.8, 4) is 0 Å². The summed E-state index contributed by atoms with van der Waals surface area (Å²) in [6, 6.07) is 5.17. The van der Waals surface area contributed by atoms with Gasteiger partial charge in [-0.15, -0.1) is 11.8 Å². The maximum absolute atomic E-state index is 12.3. The van der Waals surface area contributed by atoms with Crippen LogP contribution in [0.2, 0.25) is 0 Å². The van der Waals surface area contributed by atoms with Crippen molar-refractivity contribution in [2.24, 2.45) is 16.5 Å². The van der Waals surface area contributed by atoms with Crippen molar-refractivity contribution in [2.45, 2.75) is 37.0 Å². The fraction of sp³-hybridized carbons (Fsp3) is 0.357. The number of fused-ring (bicyclic) bond motifs is 1. The maximum Gasteiger partial charge on any atom is 0.280 e. The molecule has 1 aliphatic rings. The van der Waals surface area contributed by atoms with Crippen LogP contribution in [0.1, 0.15) is 31.1 Å². The van der Waals surface area contributed by atoms with E-state index in [9.17, 15) is 9.59 Å². The second-order valence-corrected chi connectivity index (χ2v) is 6.47. The van der Waals surface area contributed by atoms with E-state index in [2.05, 4.69) is 4.99 Å². The highest BCUT2D eigenvalue weighted by atomic mass is 32.2. The smallest absolute Gasteiger partial charge is 0.280 e. The zero-order valence-electron chi connectivity index (χ0n) is 12.2. The number of anilines is 1. The standard InChI is InChI=1S/C14H18N4O2S/c1-7(2)18-10-6-9(12(19)17-14(15)16)4-5-11(10)21-8(3)13(18)20/h4-8H,1-3H3,(H4,15,16,17,19). The molecule has 112 valence electrons. The van der Waals surface area contributed by atoms with Crippen molar-refractivity contribution >= 4 is 35.2 Å². The summed E-state index contributed by atoms with van der Waals surface area (Å²) in [5.74, 6) is -0.760. The molecule has 7 heteroatoms. The number of nitrogens with zero attached hydrogens (tertiary/aromatic N) is 2. The lowest BCUT2D eigenvalue weighted by atomic mass is 10.1. The molecule has 1 unspecified atom stereocenters. The zero-order chi connectivity index (χ0) is 15.7. The first-order valence-corrected chi connectivity index (χ1v) is 7.47. The molecule has 0 bridgehead atoms. The minimum Gasteiger partial charge on any atom is -0.370 e. The zero-order valence-corrected chi connectivity index (χ0v) is 13.0. The SMILES string of the molecule is CC1Sc2ccc(C(=O)N=C(N)N)cc2N(C(C)C)C1=O. The molecule has 0 radical (unpaired) electrons.